The van der Waals surface area contributed by atoms with Crippen LogP contribution in [0.1, 0.15) is 45.2 Å². The minimum Gasteiger partial charge on any atom is -0.493 e. The summed E-state index contributed by atoms with van der Waals surface area (Å²) in [6.45, 7) is 10.3. The molecule has 1 aliphatic rings. The summed E-state index contributed by atoms with van der Waals surface area (Å²) >= 11 is 0. The molecule has 2 aromatic carbocycles. The Kier molecular flexibility index (Phi) is 8.54. The third-order valence-electron chi connectivity index (χ3n) is 7.34. The normalized spacial score (nSPS) is 15.9. The number of hydrogen-bond acceptors (Lipinski definition) is 8. The van der Waals surface area contributed by atoms with Crippen LogP contribution in [0, 0.1) is 5.92 Å². The van der Waals surface area contributed by atoms with Gasteiger partial charge in [-0.2, -0.15) is 0 Å². The molecule has 0 radical (unpaired) electrons. The van der Waals surface area contributed by atoms with Gasteiger partial charge in [0.2, 0.25) is 5.91 Å². The number of amides is 1. The van der Waals surface area contributed by atoms with Gasteiger partial charge < -0.3 is 19.7 Å². The number of carbonyl (C=O) groups is 1. The van der Waals surface area contributed by atoms with Gasteiger partial charge in [-0.15, -0.1) is 5.10 Å². The number of ether oxygens (including phenoxy) is 2. The quantitative estimate of drug-likeness (QED) is 0.305. The molecule has 1 atom stereocenters. The van der Waals surface area contributed by atoms with Crippen LogP contribution in [0.2, 0.25) is 0 Å². The van der Waals surface area contributed by atoms with Gasteiger partial charge in [0.25, 0.3) is 0 Å². The smallest absolute Gasteiger partial charge is 0.246 e. The minimum atomic E-state index is -0.173. The first-order chi connectivity index (χ1) is 19.4. The summed E-state index contributed by atoms with van der Waals surface area (Å²) in [5.41, 5.74) is 4.01. The number of anilines is 1. The lowest BCUT2D eigenvalue weighted by atomic mass is 9.99. The molecule has 40 heavy (non-hydrogen) atoms. The van der Waals surface area contributed by atoms with Crippen LogP contribution in [0.4, 0.5) is 5.69 Å². The van der Waals surface area contributed by atoms with Crippen molar-refractivity contribution in [2.45, 2.75) is 46.1 Å². The van der Waals surface area contributed by atoms with Gasteiger partial charge in [0.15, 0.2) is 11.5 Å². The summed E-state index contributed by atoms with van der Waals surface area (Å²) in [6, 6.07) is 11.5. The van der Waals surface area contributed by atoms with Crippen LogP contribution in [0.5, 0.6) is 11.5 Å². The van der Waals surface area contributed by atoms with Crippen LogP contribution >= 0.6 is 0 Å². The monoisotopic (exact) mass is 543 g/mol. The Morgan fingerprint density at radius 1 is 1.15 bits per heavy atom. The Morgan fingerprint density at radius 3 is 2.70 bits per heavy atom. The van der Waals surface area contributed by atoms with Gasteiger partial charge in [-0.05, 0) is 50.0 Å². The Labute approximate surface area is 234 Å². The van der Waals surface area contributed by atoms with E-state index in [2.05, 4.69) is 37.4 Å². The number of fused-ring (bicyclic) bond motifs is 1. The molecule has 1 N–H and O–H groups in total. The lowest BCUT2D eigenvalue weighted by Crippen LogP contribution is -2.37. The van der Waals surface area contributed by atoms with Crippen molar-refractivity contribution in [1.82, 2.24) is 29.9 Å². The van der Waals surface area contributed by atoms with E-state index < -0.39 is 0 Å². The van der Waals surface area contributed by atoms with Gasteiger partial charge in [0, 0.05) is 41.4 Å². The summed E-state index contributed by atoms with van der Waals surface area (Å²) in [4.78, 5) is 24.1. The lowest BCUT2D eigenvalue weighted by Gasteiger charge is -2.31. The fraction of sp³-hybridized carbons (Fsp3) is 0.433. The zero-order valence-electron chi connectivity index (χ0n) is 23.6. The minimum absolute atomic E-state index is 0.0970. The Balaban J connectivity index is 1.29. The van der Waals surface area contributed by atoms with E-state index in [0.717, 1.165) is 40.9 Å². The molecule has 2 aromatic heterocycles. The molecular formula is C30H37N7O3. The standard InChI is InChI=1S/C30H37N7O3/c1-5-36-12-6-7-21(15-36)18-40-28-14-25-24(13-27(28)39-4)30(32-19-31-25)22-8-10-23(11-9-22)33-29(38)17-37-16-26(20(2)3)34-35-37/h8-11,13-14,16,19-21H,5-7,12,15,17-18H2,1-4H3,(H,33,38). The van der Waals surface area contributed by atoms with Crippen LogP contribution in [0.3, 0.4) is 0 Å². The zero-order chi connectivity index (χ0) is 28.1. The fourth-order valence-electron chi connectivity index (χ4n) is 5.06. The zero-order valence-corrected chi connectivity index (χ0v) is 23.6. The van der Waals surface area contributed by atoms with Gasteiger partial charge in [-0.25, -0.2) is 14.6 Å². The van der Waals surface area contributed by atoms with Crippen molar-refractivity contribution in [3.63, 3.8) is 0 Å². The van der Waals surface area contributed by atoms with Crippen LogP contribution < -0.4 is 14.8 Å². The largest absolute Gasteiger partial charge is 0.493 e. The van der Waals surface area contributed by atoms with Crippen LogP contribution in [-0.4, -0.2) is 69.1 Å². The van der Waals surface area contributed by atoms with E-state index in [0.29, 0.717) is 29.7 Å². The van der Waals surface area contributed by atoms with Gasteiger partial charge >= 0.3 is 0 Å². The molecule has 0 bridgehead atoms. The first-order valence-electron chi connectivity index (χ1n) is 13.9. The van der Waals surface area contributed by atoms with Crippen LogP contribution in [0.15, 0.2) is 48.9 Å². The van der Waals surface area contributed by atoms with Gasteiger partial charge in [-0.3, -0.25) is 4.79 Å². The Morgan fingerprint density at radius 2 is 1.98 bits per heavy atom. The molecule has 0 saturated carbocycles. The first kappa shape index (κ1) is 27.5. The SMILES string of the molecule is CCN1CCCC(COc2cc3ncnc(-c4ccc(NC(=O)Cn5cc(C(C)C)nn5)cc4)c3cc2OC)C1. The van der Waals surface area contributed by atoms with E-state index >= 15 is 0 Å². The summed E-state index contributed by atoms with van der Waals surface area (Å²) < 4.78 is 13.5. The first-order valence-corrected chi connectivity index (χ1v) is 13.9. The highest BCUT2D eigenvalue weighted by atomic mass is 16.5. The molecule has 0 spiro atoms. The number of likely N-dealkylation sites (tertiary alicyclic amines) is 1. The van der Waals surface area contributed by atoms with Gasteiger partial charge in [0.1, 0.15) is 12.9 Å². The highest BCUT2D eigenvalue weighted by Crippen LogP contribution is 2.36. The number of piperidine rings is 1. The van der Waals surface area contributed by atoms with E-state index in [4.69, 9.17) is 9.47 Å². The van der Waals surface area contributed by atoms with E-state index in [-0.39, 0.29) is 18.4 Å². The maximum atomic E-state index is 12.5. The highest BCUT2D eigenvalue weighted by molar-refractivity contribution is 5.95. The number of benzene rings is 2. The van der Waals surface area contributed by atoms with E-state index in [1.165, 1.54) is 19.4 Å². The van der Waals surface area contributed by atoms with E-state index in [9.17, 15) is 4.79 Å². The van der Waals surface area contributed by atoms with Crippen molar-refractivity contribution in [3.8, 4) is 22.8 Å². The van der Waals surface area contributed by atoms with Crippen molar-refractivity contribution >= 4 is 22.5 Å². The predicted molar refractivity (Wildman–Crippen MR) is 155 cm³/mol. The number of nitrogens with zero attached hydrogens (tertiary/aromatic N) is 6. The summed E-state index contributed by atoms with van der Waals surface area (Å²) in [5.74, 6) is 1.94. The molecule has 1 aliphatic heterocycles. The second-order valence-corrected chi connectivity index (χ2v) is 10.6. The van der Waals surface area contributed by atoms with Crippen molar-refractivity contribution in [3.05, 3.63) is 54.6 Å². The maximum absolute atomic E-state index is 12.5. The number of carbonyl (C=O) groups excluding carboxylic acids is 1. The molecule has 0 aliphatic carbocycles. The summed E-state index contributed by atoms with van der Waals surface area (Å²) in [7, 11) is 1.65. The summed E-state index contributed by atoms with van der Waals surface area (Å²) in [6.07, 6.45) is 5.74. The van der Waals surface area contributed by atoms with Crippen molar-refractivity contribution < 1.29 is 14.3 Å². The Hall–Kier alpha value is -4.05. The molecule has 10 nitrogen and oxygen atoms in total. The van der Waals surface area contributed by atoms with Gasteiger partial charge in [-0.1, -0.05) is 38.1 Å². The number of nitrogens with one attached hydrogen (secondary N) is 1. The van der Waals surface area contributed by atoms with Crippen molar-refractivity contribution in [2.75, 3.05) is 38.7 Å². The van der Waals surface area contributed by atoms with E-state index in [1.54, 1.807) is 24.3 Å². The van der Waals surface area contributed by atoms with Gasteiger partial charge in [0.05, 0.1) is 30.6 Å². The maximum Gasteiger partial charge on any atom is 0.246 e. The molecule has 10 heteroatoms. The Bertz CT molecular complexity index is 1450. The molecule has 5 rings (SSSR count). The third-order valence-corrected chi connectivity index (χ3v) is 7.34. The topological polar surface area (TPSA) is 107 Å². The third kappa shape index (κ3) is 6.39. The second kappa shape index (κ2) is 12.4. The number of methoxy groups -OCH3 is 1. The number of hydrogen-bond donors (Lipinski definition) is 1. The molecular weight excluding hydrogens is 506 g/mol. The average Bonchev–Trinajstić information content (AvgIpc) is 3.44. The molecule has 1 unspecified atom stereocenters. The second-order valence-electron chi connectivity index (χ2n) is 10.6. The number of aromatic nitrogens is 5. The predicted octanol–water partition coefficient (Wildman–Crippen LogP) is 4.77. The van der Waals surface area contributed by atoms with Crippen LogP contribution in [0.25, 0.3) is 22.2 Å². The molecule has 1 saturated heterocycles. The number of rotatable bonds is 10. The van der Waals surface area contributed by atoms with Crippen molar-refractivity contribution in [1.29, 1.82) is 0 Å². The summed E-state index contributed by atoms with van der Waals surface area (Å²) in [5, 5.41) is 11.9. The molecule has 1 fully saturated rings. The highest BCUT2D eigenvalue weighted by Gasteiger charge is 2.21. The molecule has 3 heterocycles. The van der Waals surface area contributed by atoms with Crippen LogP contribution in [-0.2, 0) is 11.3 Å². The van der Waals surface area contributed by atoms with Crippen molar-refractivity contribution in [2.24, 2.45) is 5.92 Å². The lowest BCUT2D eigenvalue weighted by molar-refractivity contribution is -0.116. The fourth-order valence-corrected chi connectivity index (χ4v) is 5.06. The van der Waals surface area contributed by atoms with E-state index in [1.807, 2.05) is 50.2 Å². The molecule has 1 amide bonds. The molecule has 4 aromatic rings. The molecule has 210 valence electrons. The average molecular weight is 544 g/mol.